The Bertz CT molecular complexity index is 1040. The molecule has 0 unspecified atom stereocenters. The zero-order valence-corrected chi connectivity index (χ0v) is 17.6. The highest BCUT2D eigenvalue weighted by Gasteiger charge is 2.38. The number of hydrogen-bond donors (Lipinski definition) is 0. The van der Waals surface area contributed by atoms with E-state index in [9.17, 15) is 26.3 Å². The molecule has 0 saturated carbocycles. The van der Waals surface area contributed by atoms with Gasteiger partial charge in [-0.1, -0.05) is 30.3 Å². The third-order valence-electron chi connectivity index (χ3n) is 5.31. The minimum absolute atomic E-state index is 0.0905. The highest BCUT2D eigenvalue weighted by Crippen LogP contribution is 2.37. The van der Waals surface area contributed by atoms with Gasteiger partial charge >= 0.3 is 12.4 Å². The summed E-state index contributed by atoms with van der Waals surface area (Å²) in [5.74, 6) is 0. The fourth-order valence-corrected chi connectivity index (χ4v) is 3.78. The second-order valence-electron chi connectivity index (χ2n) is 7.71. The van der Waals surface area contributed by atoms with Crippen molar-refractivity contribution in [1.29, 1.82) is 0 Å². The topological polar surface area (TPSA) is 52.4 Å². The lowest BCUT2D eigenvalue weighted by Gasteiger charge is -2.40. The molecule has 0 N–H and O–H groups in total. The first-order valence-electron chi connectivity index (χ1n) is 10.2. The van der Waals surface area contributed by atoms with Gasteiger partial charge in [-0.15, -0.1) is 0 Å². The van der Waals surface area contributed by atoms with E-state index in [1.54, 1.807) is 4.68 Å². The van der Waals surface area contributed by atoms with Crippen LogP contribution in [-0.4, -0.2) is 39.1 Å². The smallest absolute Gasteiger partial charge is 0.349 e. The van der Waals surface area contributed by atoms with Crippen molar-refractivity contribution in [3.8, 4) is 0 Å². The monoisotopic (exact) mass is 486 g/mol. The number of ether oxygens (including phenoxy) is 2. The zero-order chi connectivity index (χ0) is 24.3. The van der Waals surface area contributed by atoms with Crippen molar-refractivity contribution >= 4 is 0 Å². The predicted molar refractivity (Wildman–Crippen MR) is 107 cm³/mol. The van der Waals surface area contributed by atoms with Crippen LogP contribution in [0.4, 0.5) is 26.3 Å². The normalized spacial score (nSPS) is 19.9. The van der Waals surface area contributed by atoms with E-state index < -0.39 is 42.4 Å². The molecule has 2 atom stereocenters. The number of alkyl halides is 6. The van der Waals surface area contributed by atoms with Crippen LogP contribution in [0.1, 0.15) is 28.3 Å². The zero-order valence-electron chi connectivity index (χ0n) is 17.6. The molecule has 182 valence electrons. The molecule has 3 aromatic rings. The standard InChI is InChI=1S/C22H20F6N4O2/c23-21(24,25)17-8-15(9-18(10-17)22(26,27)28)11-34-20-19(16-4-2-1-3-5-16)31(6-7-33-20)14-32-13-29-12-30-32/h1-5,8-10,12-13,19-20H,6-7,11,14H2/t19-,20+/m0/s1. The number of benzene rings is 2. The van der Waals surface area contributed by atoms with E-state index >= 15 is 0 Å². The van der Waals surface area contributed by atoms with Gasteiger partial charge in [-0.25, -0.2) is 9.67 Å². The Labute approximate surface area is 190 Å². The van der Waals surface area contributed by atoms with E-state index in [1.165, 1.54) is 12.7 Å². The molecule has 2 aromatic carbocycles. The first kappa shape index (κ1) is 24.2. The number of hydrogen-bond acceptors (Lipinski definition) is 5. The first-order chi connectivity index (χ1) is 16.1. The van der Waals surface area contributed by atoms with Crippen molar-refractivity contribution in [3.63, 3.8) is 0 Å². The summed E-state index contributed by atoms with van der Waals surface area (Å²) in [5.41, 5.74) is -2.23. The molecule has 1 aliphatic heterocycles. The van der Waals surface area contributed by atoms with E-state index in [4.69, 9.17) is 9.47 Å². The minimum Gasteiger partial charge on any atom is -0.349 e. The minimum atomic E-state index is -4.93. The van der Waals surface area contributed by atoms with Crippen LogP contribution in [0.15, 0.2) is 61.2 Å². The molecule has 0 aliphatic carbocycles. The van der Waals surface area contributed by atoms with Crippen LogP contribution in [0.2, 0.25) is 0 Å². The second kappa shape index (κ2) is 9.72. The molecule has 0 spiro atoms. The van der Waals surface area contributed by atoms with Gasteiger partial charge in [0.2, 0.25) is 0 Å². The van der Waals surface area contributed by atoms with Gasteiger partial charge in [0, 0.05) is 6.54 Å². The summed E-state index contributed by atoms with van der Waals surface area (Å²) in [5, 5.41) is 4.09. The van der Waals surface area contributed by atoms with Gasteiger partial charge in [-0.2, -0.15) is 31.4 Å². The van der Waals surface area contributed by atoms with Crippen LogP contribution in [0.25, 0.3) is 0 Å². The predicted octanol–water partition coefficient (Wildman–Crippen LogP) is 4.89. The quantitative estimate of drug-likeness (QED) is 0.465. The van der Waals surface area contributed by atoms with E-state index in [-0.39, 0.29) is 18.2 Å². The lowest BCUT2D eigenvalue weighted by Crippen LogP contribution is -2.47. The summed E-state index contributed by atoms with van der Waals surface area (Å²) < 4.78 is 92.3. The van der Waals surface area contributed by atoms with Gasteiger partial charge in [-0.05, 0) is 29.3 Å². The van der Waals surface area contributed by atoms with E-state index in [0.29, 0.717) is 25.3 Å². The van der Waals surface area contributed by atoms with Crippen molar-refractivity contribution < 1.29 is 35.8 Å². The molecule has 1 saturated heterocycles. The lowest BCUT2D eigenvalue weighted by molar-refractivity contribution is -0.221. The van der Waals surface area contributed by atoms with Crippen LogP contribution in [0.3, 0.4) is 0 Å². The molecule has 0 amide bonds. The van der Waals surface area contributed by atoms with Crippen molar-refractivity contribution in [2.75, 3.05) is 13.2 Å². The number of nitrogens with zero attached hydrogens (tertiary/aromatic N) is 4. The second-order valence-corrected chi connectivity index (χ2v) is 7.71. The van der Waals surface area contributed by atoms with Crippen LogP contribution in [0, 0.1) is 0 Å². The summed E-state index contributed by atoms with van der Waals surface area (Å²) in [4.78, 5) is 5.91. The number of halogens is 6. The van der Waals surface area contributed by atoms with E-state index in [2.05, 4.69) is 10.1 Å². The average molecular weight is 486 g/mol. The van der Waals surface area contributed by atoms with Crippen LogP contribution < -0.4 is 0 Å². The maximum Gasteiger partial charge on any atom is 0.416 e. The Morgan fingerprint density at radius 2 is 1.65 bits per heavy atom. The SMILES string of the molecule is FC(F)(F)c1cc(CO[C@H]2OCCN(Cn3cncn3)[C@H]2c2ccccc2)cc(C(F)(F)F)c1. The molecule has 1 fully saturated rings. The molecular weight excluding hydrogens is 466 g/mol. The molecule has 2 heterocycles. The van der Waals surface area contributed by atoms with Crippen molar-refractivity contribution in [2.45, 2.75) is 38.0 Å². The maximum absolute atomic E-state index is 13.2. The highest BCUT2D eigenvalue weighted by molar-refractivity contribution is 5.33. The van der Waals surface area contributed by atoms with Crippen LogP contribution >= 0.6 is 0 Å². The van der Waals surface area contributed by atoms with E-state index in [1.807, 2.05) is 35.2 Å². The first-order valence-corrected chi connectivity index (χ1v) is 10.2. The van der Waals surface area contributed by atoms with Gasteiger partial charge in [-0.3, -0.25) is 4.90 Å². The third-order valence-corrected chi connectivity index (χ3v) is 5.31. The van der Waals surface area contributed by atoms with Crippen molar-refractivity contribution in [2.24, 2.45) is 0 Å². The molecule has 0 radical (unpaired) electrons. The van der Waals surface area contributed by atoms with Gasteiger partial charge in [0.1, 0.15) is 12.7 Å². The summed E-state index contributed by atoms with van der Waals surface area (Å²) >= 11 is 0. The molecule has 1 aromatic heterocycles. The Kier molecular flexibility index (Phi) is 6.91. The summed E-state index contributed by atoms with van der Waals surface area (Å²) in [7, 11) is 0. The fourth-order valence-electron chi connectivity index (χ4n) is 3.78. The highest BCUT2D eigenvalue weighted by atomic mass is 19.4. The van der Waals surface area contributed by atoms with Crippen LogP contribution in [0.5, 0.6) is 0 Å². The number of rotatable bonds is 6. The van der Waals surface area contributed by atoms with Gasteiger partial charge in [0.05, 0.1) is 37.1 Å². The molecule has 12 heteroatoms. The largest absolute Gasteiger partial charge is 0.416 e. The Hall–Kier alpha value is -2.96. The lowest BCUT2D eigenvalue weighted by atomic mass is 10.0. The van der Waals surface area contributed by atoms with Gasteiger partial charge < -0.3 is 9.47 Å². The summed E-state index contributed by atoms with van der Waals surface area (Å²) in [6.07, 6.45) is -7.88. The average Bonchev–Trinajstić information content (AvgIpc) is 3.30. The van der Waals surface area contributed by atoms with E-state index in [0.717, 1.165) is 5.56 Å². The van der Waals surface area contributed by atoms with Crippen molar-refractivity contribution in [3.05, 3.63) is 83.4 Å². The third kappa shape index (κ3) is 5.75. The maximum atomic E-state index is 13.2. The molecule has 4 rings (SSSR count). The summed E-state index contributed by atoms with van der Waals surface area (Å²) in [6.45, 7) is 0.586. The van der Waals surface area contributed by atoms with Gasteiger partial charge in [0.15, 0.2) is 6.29 Å². The Morgan fingerprint density at radius 1 is 0.971 bits per heavy atom. The fraction of sp³-hybridized carbons (Fsp3) is 0.364. The van der Waals surface area contributed by atoms with Crippen LogP contribution in [-0.2, 0) is 35.1 Å². The molecule has 34 heavy (non-hydrogen) atoms. The number of aromatic nitrogens is 3. The number of morpholine rings is 1. The molecule has 0 bridgehead atoms. The molecular formula is C22H20F6N4O2. The Morgan fingerprint density at radius 3 is 2.24 bits per heavy atom. The Balaban J connectivity index is 1.59. The molecule has 1 aliphatic rings. The summed E-state index contributed by atoms with van der Waals surface area (Å²) in [6, 6.07) is 10.1. The van der Waals surface area contributed by atoms with Gasteiger partial charge in [0.25, 0.3) is 0 Å². The molecule has 6 nitrogen and oxygen atoms in total. The van der Waals surface area contributed by atoms with Crippen molar-refractivity contribution in [1.82, 2.24) is 19.7 Å².